The van der Waals surface area contributed by atoms with Gasteiger partial charge in [-0.15, -0.1) is 0 Å². The first-order chi connectivity index (χ1) is 12.4. The third kappa shape index (κ3) is 5.13. The summed E-state index contributed by atoms with van der Waals surface area (Å²) in [5.41, 5.74) is -0.532. The van der Waals surface area contributed by atoms with Crippen molar-refractivity contribution in [2.24, 2.45) is 0 Å². The Balaban J connectivity index is 1.80. The van der Waals surface area contributed by atoms with E-state index in [0.717, 1.165) is 6.07 Å². The van der Waals surface area contributed by atoms with Gasteiger partial charge >= 0.3 is 0 Å². The fourth-order valence-electron chi connectivity index (χ4n) is 1.89. The zero-order valence-corrected chi connectivity index (χ0v) is 13.6. The number of amides is 2. The number of methoxy groups -OCH3 is 1. The lowest BCUT2D eigenvalue weighted by molar-refractivity contribution is -0.125. The number of carbonyl (C=O) groups excluding carboxylic acids is 2. The van der Waals surface area contributed by atoms with Gasteiger partial charge in [0.15, 0.2) is 24.1 Å². The van der Waals surface area contributed by atoms with Crippen LogP contribution in [0, 0.1) is 17.5 Å². The highest BCUT2D eigenvalue weighted by Gasteiger charge is 2.15. The van der Waals surface area contributed by atoms with Crippen molar-refractivity contribution in [2.75, 3.05) is 25.6 Å². The fraction of sp³-hybridized carbons (Fsp3) is 0.176. The number of carbonyl (C=O) groups is 2. The first kappa shape index (κ1) is 19.1. The molecule has 0 saturated heterocycles. The number of halogens is 3. The minimum atomic E-state index is -1.70. The zero-order chi connectivity index (χ0) is 19.1. The van der Waals surface area contributed by atoms with Gasteiger partial charge < -0.3 is 20.1 Å². The molecule has 26 heavy (non-hydrogen) atoms. The summed E-state index contributed by atoms with van der Waals surface area (Å²) < 4.78 is 49.6. The second-order valence-electron chi connectivity index (χ2n) is 5.02. The number of anilines is 1. The van der Waals surface area contributed by atoms with Gasteiger partial charge in [-0.25, -0.2) is 13.2 Å². The molecule has 2 aromatic carbocycles. The van der Waals surface area contributed by atoms with Crippen LogP contribution in [0.5, 0.6) is 11.5 Å². The lowest BCUT2D eigenvalue weighted by Crippen LogP contribution is -2.36. The number of rotatable bonds is 7. The van der Waals surface area contributed by atoms with E-state index in [1.54, 1.807) is 24.3 Å². The van der Waals surface area contributed by atoms with Crippen LogP contribution in [0.3, 0.4) is 0 Å². The van der Waals surface area contributed by atoms with E-state index < -0.39 is 41.5 Å². The molecule has 2 rings (SSSR count). The molecular weight excluding hydrogens is 353 g/mol. The van der Waals surface area contributed by atoms with Gasteiger partial charge in [-0.3, -0.25) is 9.59 Å². The van der Waals surface area contributed by atoms with Gasteiger partial charge in [0.05, 0.1) is 19.3 Å². The summed E-state index contributed by atoms with van der Waals surface area (Å²) in [4.78, 5) is 23.3. The fourth-order valence-corrected chi connectivity index (χ4v) is 1.89. The van der Waals surface area contributed by atoms with Crippen molar-refractivity contribution < 1.29 is 32.2 Å². The SMILES string of the molecule is COc1cccc(OCC(=O)NCC(=O)Nc2ccc(F)c(F)c2F)c1. The third-order valence-corrected chi connectivity index (χ3v) is 3.17. The topological polar surface area (TPSA) is 76.7 Å². The minimum absolute atomic E-state index is 0.361. The maximum atomic E-state index is 13.4. The van der Waals surface area contributed by atoms with Crippen molar-refractivity contribution in [3.05, 3.63) is 53.8 Å². The van der Waals surface area contributed by atoms with Crippen molar-refractivity contribution in [1.82, 2.24) is 5.32 Å². The lowest BCUT2D eigenvalue weighted by Gasteiger charge is -2.10. The standard InChI is InChI=1S/C17H15F3N2O4/c1-25-10-3-2-4-11(7-10)26-9-15(24)21-8-14(23)22-13-6-5-12(18)16(19)17(13)20/h2-7H,8-9H2,1H3,(H,21,24)(H,22,23). The molecule has 138 valence electrons. The summed E-state index contributed by atoms with van der Waals surface area (Å²) in [6, 6.07) is 8.12. The third-order valence-electron chi connectivity index (χ3n) is 3.17. The Hall–Kier alpha value is -3.23. The van der Waals surface area contributed by atoms with Gasteiger partial charge in [-0.1, -0.05) is 6.07 Å². The Kier molecular flexibility index (Phi) is 6.42. The molecule has 0 aliphatic rings. The number of hydrogen-bond acceptors (Lipinski definition) is 4. The average Bonchev–Trinajstić information content (AvgIpc) is 2.65. The Morgan fingerprint density at radius 2 is 1.73 bits per heavy atom. The predicted molar refractivity (Wildman–Crippen MR) is 86.4 cm³/mol. The van der Waals surface area contributed by atoms with Crippen molar-refractivity contribution in [3.63, 3.8) is 0 Å². The Morgan fingerprint density at radius 1 is 1.00 bits per heavy atom. The summed E-state index contributed by atoms with van der Waals surface area (Å²) in [5, 5.41) is 4.28. The maximum absolute atomic E-state index is 13.4. The summed E-state index contributed by atoms with van der Waals surface area (Å²) in [6.07, 6.45) is 0. The molecule has 9 heteroatoms. The normalized spacial score (nSPS) is 10.2. The van der Waals surface area contributed by atoms with Crippen LogP contribution >= 0.6 is 0 Å². The molecule has 0 unspecified atom stereocenters. The van der Waals surface area contributed by atoms with Crippen LogP contribution in [0.2, 0.25) is 0 Å². The van der Waals surface area contributed by atoms with Gasteiger partial charge in [-0.2, -0.15) is 0 Å². The van der Waals surface area contributed by atoms with Crippen LogP contribution in [0.1, 0.15) is 0 Å². The molecule has 2 N–H and O–H groups in total. The Morgan fingerprint density at radius 3 is 2.46 bits per heavy atom. The Labute approximate surface area is 146 Å². The molecule has 0 atom stereocenters. The van der Waals surface area contributed by atoms with E-state index in [-0.39, 0.29) is 6.61 Å². The number of ether oxygens (including phenoxy) is 2. The van der Waals surface area contributed by atoms with Crippen molar-refractivity contribution in [3.8, 4) is 11.5 Å². The highest BCUT2D eigenvalue weighted by molar-refractivity contribution is 5.94. The molecule has 0 radical (unpaired) electrons. The van der Waals surface area contributed by atoms with E-state index in [1.807, 2.05) is 5.32 Å². The van der Waals surface area contributed by atoms with Crippen molar-refractivity contribution in [1.29, 1.82) is 0 Å². The van der Waals surface area contributed by atoms with Crippen molar-refractivity contribution >= 4 is 17.5 Å². The second kappa shape index (κ2) is 8.75. The summed E-state index contributed by atoms with van der Waals surface area (Å²) in [6.45, 7) is -0.862. The largest absolute Gasteiger partial charge is 0.497 e. The highest BCUT2D eigenvalue weighted by atomic mass is 19.2. The van der Waals surface area contributed by atoms with E-state index in [4.69, 9.17) is 9.47 Å². The van der Waals surface area contributed by atoms with Crippen LogP contribution in [0.25, 0.3) is 0 Å². The first-order valence-corrected chi connectivity index (χ1v) is 7.37. The molecule has 0 aromatic heterocycles. The Bertz CT molecular complexity index is 815. The van der Waals surface area contributed by atoms with E-state index in [9.17, 15) is 22.8 Å². The summed E-state index contributed by atoms with van der Waals surface area (Å²) in [5.74, 6) is -5.06. The van der Waals surface area contributed by atoms with E-state index >= 15 is 0 Å². The van der Waals surface area contributed by atoms with Crippen LogP contribution < -0.4 is 20.1 Å². The molecular formula is C17H15F3N2O4. The molecule has 0 aliphatic carbocycles. The number of hydrogen-bond donors (Lipinski definition) is 2. The molecule has 6 nitrogen and oxygen atoms in total. The molecule has 0 spiro atoms. The quantitative estimate of drug-likeness (QED) is 0.735. The minimum Gasteiger partial charge on any atom is -0.497 e. The molecule has 0 heterocycles. The second-order valence-corrected chi connectivity index (χ2v) is 5.02. The monoisotopic (exact) mass is 368 g/mol. The van der Waals surface area contributed by atoms with E-state index in [1.165, 1.54) is 7.11 Å². The maximum Gasteiger partial charge on any atom is 0.258 e. The molecule has 0 fully saturated rings. The molecule has 0 aliphatic heterocycles. The molecule has 2 aromatic rings. The van der Waals surface area contributed by atoms with Crippen LogP contribution in [-0.2, 0) is 9.59 Å². The summed E-state index contributed by atoms with van der Waals surface area (Å²) >= 11 is 0. The number of benzene rings is 2. The lowest BCUT2D eigenvalue weighted by atomic mass is 10.2. The molecule has 2 amide bonds. The van der Waals surface area contributed by atoms with Gasteiger partial charge in [-0.05, 0) is 24.3 Å². The smallest absolute Gasteiger partial charge is 0.258 e. The average molecular weight is 368 g/mol. The van der Waals surface area contributed by atoms with Gasteiger partial charge in [0.2, 0.25) is 5.91 Å². The predicted octanol–water partition coefficient (Wildman–Crippen LogP) is 2.25. The zero-order valence-electron chi connectivity index (χ0n) is 13.6. The van der Waals surface area contributed by atoms with Crippen LogP contribution in [0.15, 0.2) is 36.4 Å². The van der Waals surface area contributed by atoms with Crippen LogP contribution in [0.4, 0.5) is 18.9 Å². The van der Waals surface area contributed by atoms with Crippen LogP contribution in [-0.4, -0.2) is 32.1 Å². The van der Waals surface area contributed by atoms with Gasteiger partial charge in [0.1, 0.15) is 11.5 Å². The van der Waals surface area contributed by atoms with E-state index in [0.29, 0.717) is 17.6 Å². The molecule has 0 saturated carbocycles. The summed E-state index contributed by atoms with van der Waals surface area (Å²) in [7, 11) is 1.49. The van der Waals surface area contributed by atoms with Gasteiger partial charge in [0, 0.05) is 6.07 Å². The van der Waals surface area contributed by atoms with Crippen molar-refractivity contribution in [2.45, 2.75) is 0 Å². The molecule has 0 bridgehead atoms. The first-order valence-electron chi connectivity index (χ1n) is 7.37. The van der Waals surface area contributed by atoms with E-state index in [2.05, 4.69) is 5.32 Å². The highest BCUT2D eigenvalue weighted by Crippen LogP contribution is 2.20. The van der Waals surface area contributed by atoms with Gasteiger partial charge in [0.25, 0.3) is 5.91 Å². The number of nitrogens with one attached hydrogen (secondary N) is 2.